The lowest BCUT2D eigenvalue weighted by atomic mass is 9.96. The standard InChI is InChI=1S/C29H35ClN6O3S/c1-19-27-35(26(37)17-33(2)36(27)29(39)32-15-20-10-12-22(30)13-11-20)24(8-5-6-14-31)28(38)34(19)16-21-18-40-25-9-4-3-7-23(21)25/h3-4,7,9-13,18-19,24,27H,5-6,8,14-17,31H2,1-2H3,(H,32,39)/t19-,24-,27-/m0/s1. The molecule has 2 aliphatic rings. The van der Waals surface area contributed by atoms with E-state index in [9.17, 15) is 14.4 Å². The van der Waals surface area contributed by atoms with Crippen LogP contribution >= 0.6 is 22.9 Å². The molecule has 3 N–H and O–H groups in total. The van der Waals surface area contributed by atoms with Crippen molar-refractivity contribution in [1.82, 2.24) is 25.1 Å². The lowest BCUT2D eigenvalue weighted by Crippen LogP contribution is -2.78. The molecular formula is C29H35ClN6O3S. The molecule has 0 spiro atoms. The fourth-order valence-corrected chi connectivity index (χ4v) is 6.81. The van der Waals surface area contributed by atoms with Crippen molar-refractivity contribution in [2.45, 2.75) is 57.5 Å². The smallest absolute Gasteiger partial charge is 0.333 e. The van der Waals surface area contributed by atoms with Crippen molar-refractivity contribution < 1.29 is 14.4 Å². The minimum Gasteiger partial charge on any atom is -0.333 e. The molecule has 212 valence electrons. The number of piperazine rings is 1. The van der Waals surface area contributed by atoms with E-state index in [1.807, 2.05) is 36.1 Å². The van der Waals surface area contributed by atoms with Crippen LogP contribution in [0.2, 0.25) is 5.02 Å². The van der Waals surface area contributed by atoms with Crippen LogP contribution in [0, 0.1) is 0 Å². The van der Waals surface area contributed by atoms with Crippen LogP contribution in [0.4, 0.5) is 4.79 Å². The maximum absolute atomic E-state index is 14.0. The predicted octanol–water partition coefficient (Wildman–Crippen LogP) is 4.01. The number of rotatable bonds is 8. The van der Waals surface area contributed by atoms with Gasteiger partial charge in [-0.1, -0.05) is 41.9 Å². The highest BCUT2D eigenvalue weighted by molar-refractivity contribution is 7.17. The monoisotopic (exact) mass is 582 g/mol. The van der Waals surface area contributed by atoms with Crippen molar-refractivity contribution in [3.05, 3.63) is 70.1 Å². The molecule has 2 fully saturated rings. The first kappa shape index (κ1) is 28.4. The van der Waals surface area contributed by atoms with E-state index in [1.54, 1.807) is 45.4 Å². The quantitative estimate of drug-likeness (QED) is 0.391. The summed E-state index contributed by atoms with van der Waals surface area (Å²) in [5.41, 5.74) is 7.71. The third-order valence-corrected chi connectivity index (χ3v) is 9.05. The van der Waals surface area contributed by atoms with Crippen LogP contribution in [0.5, 0.6) is 0 Å². The number of benzene rings is 2. The highest BCUT2D eigenvalue weighted by Gasteiger charge is 2.53. The molecule has 2 aromatic carbocycles. The molecule has 11 heteroatoms. The van der Waals surface area contributed by atoms with E-state index in [4.69, 9.17) is 17.3 Å². The van der Waals surface area contributed by atoms with Crippen molar-refractivity contribution in [2.75, 3.05) is 20.1 Å². The van der Waals surface area contributed by atoms with E-state index >= 15 is 0 Å². The molecule has 0 saturated carbocycles. The molecule has 0 unspecified atom stereocenters. The number of nitrogens with zero attached hydrogens (tertiary/aromatic N) is 4. The predicted molar refractivity (Wildman–Crippen MR) is 157 cm³/mol. The summed E-state index contributed by atoms with van der Waals surface area (Å²) in [4.78, 5) is 44.7. The second-order valence-corrected chi connectivity index (χ2v) is 11.8. The Balaban J connectivity index is 1.46. The van der Waals surface area contributed by atoms with Crippen LogP contribution < -0.4 is 11.1 Å². The Bertz CT molecular complexity index is 1380. The summed E-state index contributed by atoms with van der Waals surface area (Å²) in [5.74, 6) is -0.247. The fraction of sp³-hybridized carbons (Fsp3) is 0.414. The zero-order chi connectivity index (χ0) is 28.4. The summed E-state index contributed by atoms with van der Waals surface area (Å²) < 4.78 is 1.16. The summed E-state index contributed by atoms with van der Waals surface area (Å²) in [6, 6.07) is 14.0. The average molecular weight is 583 g/mol. The highest BCUT2D eigenvalue weighted by Crippen LogP contribution is 2.35. The molecule has 40 heavy (non-hydrogen) atoms. The summed E-state index contributed by atoms with van der Waals surface area (Å²) in [6.45, 7) is 3.15. The Morgan fingerprint density at radius 1 is 1.12 bits per heavy atom. The Morgan fingerprint density at radius 2 is 1.88 bits per heavy atom. The van der Waals surface area contributed by atoms with E-state index in [-0.39, 0.29) is 24.4 Å². The SMILES string of the molecule is C[C@H]1[C@H]2N(C(=O)CN(C)N2C(=O)NCc2ccc(Cl)cc2)[C@@H](CCCCN)C(=O)N1Cc1csc2ccccc12. The number of urea groups is 1. The van der Waals surface area contributed by atoms with Crippen LogP contribution in [0.3, 0.4) is 0 Å². The summed E-state index contributed by atoms with van der Waals surface area (Å²) in [6.07, 6.45) is 1.32. The zero-order valence-corrected chi connectivity index (χ0v) is 24.3. The van der Waals surface area contributed by atoms with Gasteiger partial charge >= 0.3 is 6.03 Å². The van der Waals surface area contributed by atoms with Gasteiger partial charge in [0.1, 0.15) is 12.2 Å². The molecule has 4 amide bonds. The van der Waals surface area contributed by atoms with E-state index in [2.05, 4.69) is 22.8 Å². The Kier molecular flexibility index (Phi) is 8.60. The van der Waals surface area contributed by atoms with Crippen LogP contribution in [0.25, 0.3) is 10.1 Å². The normalized spacial score (nSPS) is 21.7. The van der Waals surface area contributed by atoms with Gasteiger partial charge < -0.3 is 20.9 Å². The number of hydrogen-bond acceptors (Lipinski definition) is 6. The third kappa shape index (κ3) is 5.54. The molecule has 0 radical (unpaired) electrons. The molecule has 1 aromatic heterocycles. The highest BCUT2D eigenvalue weighted by atomic mass is 35.5. The maximum Gasteiger partial charge on any atom is 0.334 e. The largest absolute Gasteiger partial charge is 0.334 e. The average Bonchev–Trinajstić information content (AvgIpc) is 3.35. The van der Waals surface area contributed by atoms with Crippen molar-refractivity contribution >= 4 is 50.9 Å². The Hall–Kier alpha value is -3.18. The first-order valence-corrected chi connectivity index (χ1v) is 14.8. The number of carbonyl (C=O) groups excluding carboxylic acids is 3. The van der Waals surface area contributed by atoms with E-state index in [0.717, 1.165) is 27.6 Å². The van der Waals surface area contributed by atoms with Crippen molar-refractivity contribution in [3.63, 3.8) is 0 Å². The van der Waals surface area contributed by atoms with E-state index in [0.29, 0.717) is 37.5 Å². The maximum atomic E-state index is 14.0. The molecule has 3 heterocycles. The lowest BCUT2D eigenvalue weighted by Gasteiger charge is -2.57. The van der Waals surface area contributed by atoms with Crippen molar-refractivity contribution in [3.8, 4) is 0 Å². The number of halogens is 1. The van der Waals surface area contributed by atoms with Gasteiger partial charge in [-0.15, -0.1) is 11.3 Å². The molecule has 0 bridgehead atoms. The topological polar surface area (TPSA) is 102 Å². The van der Waals surface area contributed by atoms with Crippen molar-refractivity contribution in [2.24, 2.45) is 5.73 Å². The van der Waals surface area contributed by atoms with Crippen LogP contribution in [-0.4, -0.2) is 76.0 Å². The molecule has 3 aromatic rings. The molecule has 9 nitrogen and oxygen atoms in total. The number of thiophene rings is 1. The number of nitrogens with one attached hydrogen (secondary N) is 1. The van der Waals surface area contributed by atoms with E-state index in [1.165, 1.54) is 0 Å². The van der Waals surface area contributed by atoms with Gasteiger partial charge in [0.15, 0.2) is 0 Å². The summed E-state index contributed by atoms with van der Waals surface area (Å²) >= 11 is 7.66. The van der Waals surface area contributed by atoms with Gasteiger partial charge in [-0.05, 0) is 72.8 Å². The zero-order valence-electron chi connectivity index (χ0n) is 22.8. The van der Waals surface area contributed by atoms with E-state index < -0.39 is 18.2 Å². The van der Waals surface area contributed by atoms with Gasteiger partial charge in [-0.2, -0.15) is 0 Å². The number of amides is 4. The van der Waals surface area contributed by atoms with Crippen LogP contribution in [0.15, 0.2) is 53.9 Å². The first-order chi connectivity index (χ1) is 19.3. The minimum absolute atomic E-state index is 0.00736. The van der Waals surface area contributed by atoms with Gasteiger partial charge in [-0.25, -0.2) is 14.8 Å². The molecular weight excluding hydrogens is 548 g/mol. The minimum atomic E-state index is -0.662. The van der Waals surface area contributed by atoms with Crippen LogP contribution in [-0.2, 0) is 22.7 Å². The number of unbranched alkanes of at least 4 members (excludes halogenated alkanes) is 1. The van der Waals surface area contributed by atoms with Gasteiger partial charge in [-0.3, -0.25) is 9.59 Å². The number of likely N-dealkylation sites (N-methyl/N-ethyl adjacent to an activating group) is 1. The number of nitrogens with two attached hydrogens (primary N) is 1. The Morgan fingerprint density at radius 3 is 2.62 bits per heavy atom. The first-order valence-electron chi connectivity index (χ1n) is 13.6. The third-order valence-electron chi connectivity index (χ3n) is 7.78. The molecule has 2 aliphatic heterocycles. The van der Waals surface area contributed by atoms with Crippen LogP contribution in [0.1, 0.15) is 37.3 Å². The van der Waals surface area contributed by atoms with Gasteiger partial charge in [0.05, 0.1) is 12.6 Å². The molecule has 2 saturated heterocycles. The lowest BCUT2D eigenvalue weighted by molar-refractivity contribution is -0.196. The number of fused-ring (bicyclic) bond motifs is 2. The molecule has 5 rings (SSSR count). The van der Waals surface area contributed by atoms with Crippen molar-refractivity contribution in [1.29, 1.82) is 0 Å². The molecule has 3 atom stereocenters. The Labute approximate surface area is 243 Å². The summed E-state index contributed by atoms with van der Waals surface area (Å²) in [5, 5.41) is 10.1. The van der Waals surface area contributed by atoms with Gasteiger partial charge in [0.2, 0.25) is 11.8 Å². The second kappa shape index (κ2) is 12.1. The second-order valence-electron chi connectivity index (χ2n) is 10.4. The van der Waals surface area contributed by atoms with Gasteiger partial charge in [0.25, 0.3) is 0 Å². The number of hydrazine groups is 1. The van der Waals surface area contributed by atoms with Gasteiger partial charge in [0, 0.05) is 29.9 Å². The summed E-state index contributed by atoms with van der Waals surface area (Å²) in [7, 11) is 1.74. The fourth-order valence-electron chi connectivity index (χ4n) is 5.73. The number of carbonyl (C=O) groups is 3. The number of hydrogen-bond donors (Lipinski definition) is 2. The molecule has 0 aliphatic carbocycles.